The van der Waals surface area contributed by atoms with Gasteiger partial charge >= 0.3 is 0 Å². The predicted octanol–water partition coefficient (Wildman–Crippen LogP) is 3.77. The van der Waals surface area contributed by atoms with Gasteiger partial charge in [0.1, 0.15) is 0 Å². The van der Waals surface area contributed by atoms with Crippen molar-refractivity contribution in [3.63, 3.8) is 0 Å². The normalized spacial score (nSPS) is 20.0. The van der Waals surface area contributed by atoms with Crippen molar-refractivity contribution in [2.45, 2.75) is 30.6 Å². The summed E-state index contributed by atoms with van der Waals surface area (Å²) in [6, 6.07) is 13.3. The van der Waals surface area contributed by atoms with Crippen molar-refractivity contribution in [1.29, 1.82) is 0 Å². The SMILES string of the molecule is Cc1ccc2[nH]c(C3CCCN(S(=O)(=O)c4ccc5c(c4)OCO5)C3)cc2c1. The first-order chi connectivity index (χ1) is 13.5. The molecule has 2 aliphatic heterocycles. The van der Waals surface area contributed by atoms with Crippen LogP contribution in [-0.4, -0.2) is 37.6 Å². The van der Waals surface area contributed by atoms with E-state index in [2.05, 4.69) is 36.2 Å². The third kappa shape index (κ3) is 2.95. The van der Waals surface area contributed by atoms with E-state index in [0.717, 1.165) is 24.1 Å². The zero-order valence-electron chi connectivity index (χ0n) is 15.6. The number of rotatable bonds is 3. The fourth-order valence-corrected chi connectivity index (χ4v) is 5.64. The first kappa shape index (κ1) is 17.6. The lowest BCUT2D eigenvalue weighted by Gasteiger charge is -2.31. The maximum absolute atomic E-state index is 13.2. The molecule has 1 saturated heterocycles. The number of aromatic amines is 1. The number of nitrogens with one attached hydrogen (secondary N) is 1. The van der Waals surface area contributed by atoms with Crippen molar-refractivity contribution in [1.82, 2.24) is 9.29 Å². The van der Waals surface area contributed by atoms with E-state index in [4.69, 9.17) is 9.47 Å². The molecule has 3 aromatic rings. The minimum atomic E-state index is -3.58. The lowest BCUT2D eigenvalue weighted by molar-refractivity contribution is 0.174. The summed E-state index contributed by atoms with van der Waals surface area (Å²) in [6.45, 7) is 3.21. The summed E-state index contributed by atoms with van der Waals surface area (Å²) < 4.78 is 38.6. The summed E-state index contributed by atoms with van der Waals surface area (Å²) in [5.74, 6) is 1.23. The molecule has 3 heterocycles. The summed E-state index contributed by atoms with van der Waals surface area (Å²) in [4.78, 5) is 3.73. The molecule has 0 saturated carbocycles. The van der Waals surface area contributed by atoms with Gasteiger partial charge in [-0.1, -0.05) is 11.6 Å². The van der Waals surface area contributed by atoms with Gasteiger partial charge < -0.3 is 14.5 Å². The Hall–Kier alpha value is -2.51. The fourth-order valence-electron chi connectivity index (χ4n) is 4.10. The number of hydrogen-bond donors (Lipinski definition) is 1. The van der Waals surface area contributed by atoms with Gasteiger partial charge in [-0.3, -0.25) is 0 Å². The van der Waals surface area contributed by atoms with Crippen LogP contribution < -0.4 is 9.47 Å². The Labute approximate surface area is 164 Å². The van der Waals surface area contributed by atoms with Crippen LogP contribution in [0.5, 0.6) is 11.5 Å². The molecule has 0 bridgehead atoms. The summed E-state index contributed by atoms with van der Waals surface area (Å²) in [5, 5.41) is 1.17. The zero-order chi connectivity index (χ0) is 19.3. The lowest BCUT2D eigenvalue weighted by Crippen LogP contribution is -2.39. The van der Waals surface area contributed by atoms with E-state index in [1.807, 2.05) is 0 Å². The van der Waals surface area contributed by atoms with Crippen molar-refractivity contribution >= 4 is 20.9 Å². The molecule has 6 nitrogen and oxygen atoms in total. The van der Waals surface area contributed by atoms with Gasteiger partial charge in [0.15, 0.2) is 11.5 Å². The number of ether oxygens (including phenoxy) is 2. The molecule has 1 atom stereocenters. The van der Waals surface area contributed by atoms with Crippen LogP contribution in [0.25, 0.3) is 10.9 Å². The molecule has 0 spiro atoms. The van der Waals surface area contributed by atoms with Crippen LogP contribution in [0.2, 0.25) is 0 Å². The number of nitrogens with zero attached hydrogens (tertiary/aromatic N) is 1. The van der Waals surface area contributed by atoms with Crippen molar-refractivity contribution in [2.24, 2.45) is 0 Å². The van der Waals surface area contributed by atoms with Gasteiger partial charge in [0.2, 0.25) is 16.8 Å². The average Bonchev–Trinajstić information content (AvgIpc) is 3.33. The first-order valence-corrected chi connectivity index (χ1v) is 10.9. The summed E-state index contributed by atoms with van der Waals surface area (Å²) in [6.07, 6.45) is 1.81. The molecule has 0 amide bonds. The summed E-state index contributed by atoms with van der Waals surface area (Å²) in [5.41, 5.74) is 3.41. The third-order valence-corrected chi connectivity index (χ3v) is 7.46. The Balaban J connectivity index is 1.42. The van der Waals surface area contributed by atoms with Gasteiger partial charge in [0.05, 0.1) is 4.90 Å². The van der Waals surface area contributed by atoms with E-state index >= 15 is 0 Å². The Morgan fingerprint density at radius 1 is 1.07 bits per heavy atom. The van der Waals surface area contributed by atoms with E-state index < -0.39 is 10.0 Å². The van der Waals surface area contributed by atoms with Crippen LogP contribution in [0.3, 0.4) is 0 Å². The number of H-pyrrole nitrogens is 1. The number of sulfonamides is 1. The lowest BCUT2D eigenvalue weighted by atomic mass is 9.96. The molecular weight excluding hydrogens is 376 g/mol. The number of fused-ring (bicyclic) bond motifs is 2. The molecular formula is C21H22N2O4S. The minimum absolute atomic E-state index is 0.129. The fraction of sp³-hybridized carbons (Fsp3) is 0.333. The highest BCUT2D eigenvalue weighted by atomic mass is 32.2. The second-order valence-electron chi connectivity index (χ2n) is 7.53. The van der Waals surface area contributed by atoms with Crippen LogP contribution in [0.15, 0.2) is 47.4 Å². The quantitative estimate of drug-likeness (QED) is 0.729. The molecule has 1 aromatic heterocycles. The minimum Gasteiger partial charge on any atom is -0.454 e. The molecule has 2 aromatic carbocycles. The van der Waals surface area contributed by atoms with Gasteiger partial charge in [0, 0.05) is 36.3 Å². The Bertz CT molecular complexity index is 1150. The van der Waals surface area contributed by atoms with Crippen LogP contribution in [0.1, 0.15) is 30.0 Å². The summed E-state index contributed by atoms with van der Waals surface area (Å²) >= 11 is 0. The number of hydrogen-bond acceptors (Lipinski definition) is 4. The maximum atomic E-state index is 13.2. The van der Waals surface area contributed by atoms with Crippen LogP contribution >= 0.6 is 0 Å². The van der Waals surface area contributed by atoms with Gasteiger partial charge in [0.25, 0.3) is 0 Å². The largest absolute Gasteiger partial charge is 0.454 e. The van der Waals surface area contributed by atoms with Gasteiger partial charge in [-0.15, -0.1) is 0 Å². The number of benzene rings is 2. The number of aryl methyl sites for hydroxylation is 1. The molecule has 1 unspecified atom stereocenters. The number of piperidine rings is 1. The van der Waals surface area contributed by atoms with Crippen molar-refractivity contribution in [3.05, 3.63) is 53.7 Å². The van der Waals surface area contributed by atoms with E-state index in [9.17, 15) is 8.42 Å². The highest BCUT2D eigenvalue weighted by molar-refractivity contribution is 7.89. The first-order valence-electron chi connectivity index (χ1n) is 9.50. The second kappa shape index (κ2) is 6.53. The maximum Gasteiger partial charge on any atom is 0.243 e. The monoisotopic (exact) mass is 398 g/mol. The van der Waals surface area contributed by atoms with Crippen LogP contribution in [0.4, 0.5) is 0 Å². The zero-order valence-corrected chi connectivity index (χ0v) is 16.5. The highest BCUT2D eigenvalue weighted by Gasteiger charge is 2.32. The Morgan fingerprint density at radius 3 is 2.82 bits per heavy atom. The molecule has 2 aliphatic rings. The van der Waals surface area contributed by atoms with E-state index in [-0.39, 0.29) is 17.6 Å². The smallest absolute Gasteiger partial charge is 0.243 e. The molecule has 0 radical (unpaired) electrons. The standard InChI is InChI=1S/C21H22N2O4S/c1-14-4-6-18-16(9-14)10-19(22-18)15-3-2-8-23(12-15)28(24,25)17-5-7-20-21(11-17)27-13-26-20/h4-7,9-11,15,22H,2-3,8,12-13H2,1H3. The average molecular weight is 398 g/mol. The van der Waals surface area contributed by atoms with E-state index in [1.165, 1.54) is 10.9 Å². The van der Waals surface area contributed by atoms with Crippen molar-refractivity contribution in [2.75, 3.05) is 19.9 Å². The molecule has 5 rings (SSSR count). The number of aromatic nitrogens is 1. The highest BCUT2D eigenvalue weighted by Crippen LogP contribution is 2.36. The van der Waals surface area contributed by atoms with Crippen molar-refractivity contribution < 1.29 is 17.9 Å². The Kier molecular flexibility index (Phi) is 4.10. The summed E-state index contributed by atoms with van der Waals surface area (Å²) in [7, 11) is -3.58. The molecule has 7 heteroatoms. The van der Waals surface area contributed by atoms with E-state index in [0.29, 0.717) is 24.6 Å². The third-order valence-electron chi connectivity index (χ3n) is 5.60. The predicted molar refractivity (Wildman–Crippen MR) is 106 cm³/mol. The van der Waals surface area contributed by atoms with Crippen LogP contribution in [-0.2, 0) is 10.0 Å². The molecule has 1 fully saturated rings. The van der Waals surface area contributed by atoms with Gasteiger partial charge in [-0.25, -0.2) is 8.42 Å². The van der Waals surface area contributed by atoms with Gasteiger partial charge in [-0.05, 0) is 55.5 Å². The van der Waals surface area contributed by atoms with E-state index in [1.54, 1.807) is 22.5 Å². The van der Waals surface area contributed by atoms with Gasteiger partial charge in [-0.2, -0.15) is 4.31 Å². The topological polar surface area (TPSA) is 71.6 Å². The molecule has 146 valence electrons. The second-order valence-corrected chi connectivity index (χ2v) is 9.47. The Morgan fingerprint density at radius 2 is 1.93 bits per heavy atom. The van der Waals surface area contributed by atoms with Crippen LogP contribution in [0, 0.1) is 6.92 Å². The molecule has 28 heavy (non-hydrogen) atoms. The molecule has 1 N–H and O–H groups in total. The molecule has 0 aliphatic carbocycles. The van der Waals surface area contributed by atoms with Crippen molar-refractivity contribution in [3.8, 4) is 11.5 Å².